The van der Waals surface area contributed by atoms with E-state index in [-0.39, 0.29) is 13.0 Å². The van der Waals surface area contributed by atoms with Gasteiger partial charge in [0.25, 0.3) is 5.91 Å². The van der Waals surface area contributed by atoms with E-state index in [4.69, 9.17) is 23.7 Å². The lowest BCUT2D eigenvalue weighted by Gasteiger charge is -2.14. The van der Waals surface area contributed by atoms with Crippen LogP contribution in [0.2, 0.25) is 0 Å². The molecule has 2 aromatic rings. The second kappa shape index (κ2) is 11.4. The number of benzene rings is 2. The van der Waals surface area contributed by atoms with E-state index in [1.54, 1.807) is 36.4 Å². The molecule has 0 aliphatic heterocycles. The van der Waals surface area contributed by atoms with Crippen molar-refractivity contribution < 1.29 is 33.3 Å². The number of carbonyl (C=O) groups excluding carboxylic acids is 2. The smallest absolute Gasteiger partial charge is 0.276 e. The highest BCUT2D eigenvalue weighted by Crippen LogP contribution is 2.38. The minimum Gasteiger partial charge on any atom is -0.493 e. The highest BCUT2D eigenvalue weighted by atomic mass is 16.5. The van der Waals surface area contributed by atoms with Gasteiger partial charge in [-0.2, -0.15) is 0 Å². The Balaban J connectivity index is 1.88. The summed E-state index contributed by atoms with van der Waals surface area (Å²) in [4.78, 5) is 24.2. The van der Waals surface area contributed by atoms with Gasteiger partial charge in [0.05, 0.1) is 34.4 Å². The van der Waals surface area contributed by atoms with Crippen LogP contribution in [0.25, 0.3) is 0 Å². The number of ether oxygens (including phenoxy) is 5. The van der Waals surface area contributed by atoms with Crippen LogP contribution in [0.5, 0.6) is 28.7 Å². The van der Waals surface area contributed by atoms with Crippen molar-refractivity contribution in [2.24, 2.45) is 0 Å². The van der Waals surface area contributed by atoms with Crippen LogP contribution in [0, 0.1) is 0 Å². The van der Waals surface area contributed by atoms with Crippen LogP contribution in [-0.2, 0) is 16.0 Å². The molecule has 0 saturated carbocycles. The summed E-state index contributed by atoms with van der Waals surface area (Å²) in [5.41, 5.74) is 5.28. The Morgan fingerprint density at radius 3 is 1.90 bits per heavy atom. The Bertz CT molecular complexity index is 845. The van der Waals surface area contributed by atoms with Crippen LogP contribution in [0.3, 0.4) is 0 Å². The Hall–Kier alpha value is -3.62. The van der Waals surface area contributed by atoms with Gasteiger partial charge in [-0.05, 0) is 36.8 Å². The highest BCUT2D eigenvalue weighted by Gasteiger charge is 2.15. The van der Waals surface area contributed by atoms with E-state index in [1.165, 1.54) is 21.3 Å². The Labute approximate surface area is 175 Å². The standard InChI is InChI=1S/C21H26N2O7/c1-5-29-15-8-6-7-9-16(15)30-13-20(25)23-22-19(24)12-14-10-17(26-2)21(28-4)18(11-14)27-3/h6-11H,5,12-13H2,1-4H3,(H,22,24)(H,23,25). The Morgan fingerprint density at radius 1 is 0.800 bits per heavy atom. The molecule has 0 atom stereocenters. The average Bonchev–Trinajstić information content (AvgIpc) is 2.76. The van der Waals surface area contributed by atoms with Crippen molar-refractivity contribution >= 4 is 11.8 Å². The van der Waals surface area contributed by atoms with E-state index in [9.17, 15) is 9.59 Å². The number of hydrazine groups is 1. The SMILES string of the molecule is CCOc1ccccc1OCC(=O)NNC(=O)Cc1cc(OC)c(OC)c(OC)c1. The summed E-state index contributed by atoms with van der Waals surface area (Å²) >= 11 is 0. The number of amides is 2. The lowest BCUT2D eigenvalue weighted by Crippen LogP contribution is -2.44. The Morgan fingerprint density at radius 2 is 1.37 bits per heavy atom. The van der Waals surface area contributed by atoms with Crippen molar-refractivity contribution in [2.75, 3.05) is 34.5 Å². The van der Waals surface area contributed by atoms with Gasteiger partial charge in [0.15, 0.2) is 29.6 Å². The number of rotatable bonds is 10. The van der Waals surface area contributed by atoms with Crippen LogP contribution >= 0.6 is 0 Å². The maximum Gasteiger partial charge on any atom is 0.276 e. The first-order chi connectivity index (χ1) is 14.5. The number of hydrogen-bond acceptors (Lipinski definition) is 7. The number of para-hydroxylation sites is 2. The van der Waals surface area contributed by atoms with Crippen LogP contribution in [0.4, 0.5) is 0 Å². The zero-order chi connectivity index (χ0) is 21.9. The predicted molar refractivity (Wildman–Crippen MR) is 109 cm³/mol. The molecule has 9 heteroatoms. The number of carbonyl (C=O) groups is 2. The summed E-state index contributed by atoms with van der Waals surface area (Å²) in [6.07, 6.45) is -0.00890. The largest absolute Gasteiger partial charge is 0.493 e. The van der Waals surface area contributed by atoms with Crippen molar-refractivity contribution in [3.8, 4) is 28.7 Å². The third-order valence-corrected chi connectivity index (χ3v) is 3.94. The van der Waals surface area contributed by atoms with Crippen molar-refractivity contribution in [1.82, 2.24) is 10.9 Å². The van der Waals surface area contributed by atoms with Gasteiger partial charge >= 0.3 is 0 Å². The summed E-state index contributed by atoms with van der Waals surface area (Å²) in [6, 6.07) is 10.3. The van der Waals surface area contributed by atoms with Gasteiger partial charge in [0.1, 0.15) is 0 Å². The first-order valence-corrected chi connectivity index (χ1v) is 9.23. The topological polar surface area (TPSA) is 104 Å². The van der Waals surface area contributed by atoms with Gasteiger partial charge < -0.3 is 23.7 Å². The molecule has 2 N–H and O–H groups in total. The lowest BCUT2D eigenvalue weighted by atomic mass is 10.1. The van der Waals surface area contributed by atoms with Gasteiger partial charge in [0.2, 0.25) is 11.7 Å². The van der Waals surface area contributed by atoms with Crippen LogP contribution in [-0.4, -0.2) is 46.4 Å². The van der Waals surface area contributed by atoms with Crippen LogP contribution < -0.4 is 34.5 Å². The summed E-state index contributed by atoms with van der Waals surface area (Å²) in [7, 11) is 4.48. The highest BCUT2D eigenvalue weighted by molar-refractivity contribution is 5.84. The minimum atomic E-state index is -0.514. The van der Waals surface area contributed by atoms with E-state index in [0.717, 1.165) is 0 Å². The molecule has 0 radical (unpaired) electrons. The van der Waals surface area contributed by atoms with Crippen molar-refractivity contribution in [3.05, 3.63) is 42.0 Å². The monoisotopic (exact) mass is 418 g/mol. The first kappa shape index (κ1) is 22.7. The molecule has 0 aliphatic rings. The third-order valence-electron chi connectivity index (χ3n) is 3.94. The molecule has 0 aliphatic carbocycles. The number of methoxy groups -OCH3 is 3. The van der Waals surface area contributed by atoms with Crippen LogP contribution in [0.15, 0.2) is 36.4 Å². The second-order valence-corrected chi connectivity index (χ2v) is 5.98. The van der Waals surface area contributed by atoms with Gasteiger partial charge in [-0.25, -0.2) is 0 Å². The van der Waals surface area contributed by atoms with Gasteiger partial charge in [-0.1, -0.05) is 12.1 Å². The van der Waals surface area contributed by atoms with Gasteiger partial charge in [0, 0.05) is 0 Å². The molecule has 0 fully saturated rings. The third kappa shape index (κ3) is 6.20. The van der Waals surface area contributed by atoms with Crippen molar-refractivity contribution in [1.29, 1.82) is 0 Å². The zero-order valence-corrected chi connectivity index (χ0v) is 17.4. The fraction of sp³-hybridized carbons (Fsp3) is 0.333. The van der Waals surface area contributed by atoms with E-state index in [2.05, 4.69) is 10.9 Å². The summed E-state index contributed by atoms with van der Waals surface area (Å²) in [6.45, 7) is 2.05. The normalized spacial score (nSPS) is 10.0. The van der Waals surface area contributed by atoms with Crippen molar-refractivity contribution in [3.63, 3.8) is 0 Å². The van der Waals surface area contributed by atoms with Crippen LogP contribution in [0.1, 0.15) is 12.5 Å². The maximum atomic E-state index is 12.2. The molecule has 0 saturated heterocycles. The predicted octanol–water partition coefficient (Wildman–Crippen LogP) is 1.88. The Kier molecular flexibility index (Phi) is 8.61. The lowest BCUT2D eigenvalue weighted by molar-refractivity contribution is -0.129. The molecule has 0 spiro atoms. The molecular formula is C21H26N2O7. The fourth-order valence-corrected chi connectivity index (χ4v) is 2.63. The average molecular weight is 418 g/mol. The number of nitrogens with one attached hydrogen (secondary N) is 2. The fourth-order valence-electron chi connectivity index (χ4n) is 2.63. The van der Waals surface area contributed by atoms with E-state index in [0.29, 0.717) is 40.9 Å². The van der Waals surface area contributed by atoms with Gasteiger partial charge in [-0.15, -0.1) is 0 Å². The summed E-state index contributed by atoms with van der Waals surface area (Å²) in [5.74, 6) is 1.35. The molecule has 0 heterocycles. The van der Waals surface area contributed by atoms with E-state index < -0.39 is 11.8 Å². The molecule has 0 unspecified atom stereocenters. The molecule has 0 aromatic heterocycles. The molecule has 162 valence electrons. The second-order valence-electron chi connectivity index (χ2n) is 5.98. The quantitative estimate of drug-likeness (QED) is 0.568. The maximum absolute atomic E-state index is 12.2. The zero-order valence-electron chi connectivity index (χ0n) is 17.4. The van der Waals surface area contributed by atoms with E-state index >= 15 is 0 Å². The van der Waals surface area contributed by atoms with Gasteiger partial charge in [-0.3, -0.25) is 20.4 Å². The molecule has 2 amide bonds. The molecule has 2 rings (SSSR count). The molecule has 0 bridgehead atoms. The van der Waals surface area contributed by atoms with Crippen molar-refractivity contribution in [2.45, 2.75) is 13.3 Å². The summed E-state index contributed by atoms with van der Waals surface area (Å²) < 4.78 is 26.7. The summed E-state index contributed by atoms with van der Waals surface area (Å²) in [5, 5.41) is 0. The minimum absolute atomic E-state index is 0.00890. The number of hydrogen-bond donors (Lipinski definition) is 2. The van der Waals surface area contributed by atoms with E-state index in [1.807, 2.05) is 6.92 Å². The first-order valence-electron chi connectivity index (χ1n) is 9.23. The molecule has 9 nitrogen and oxygen atoms in total. The molecule has 2 aromatic carbocycles. The molecule has 30 heavy (non-hydrogen) atoms. The molecular weight excluding hydrogens is 392 g/mol.